The molecule has 0 unspecified atom stereocenters. The van der Waals surface area contributed by atoms with Gasteiger partial charge in [-0.15, -0.1) is 0 Å². The summed E-state index contributed by atoms with van der Waals surface area (Å²) < 4.78 is 1.86. The van der Waals surface area contributed by atoms with Crippen molar-refractivity contribution in [2.45, 2.75) is 32.2 Å². The Kier molecular flexibility index (Phi) is 5.82. The Hall–Kier alpha value is -2.37. The van der Waals surface area contributed by atoms with E-state index in [4.69, 9.17) is 0 Å². The van der Waals surface area contributed by atoms with Crippen LogP contribution in [-0.2, 0) is 11.3 Å². The largest absolute Gasteiger partial charge is 0.356 e. The van der Waals surface area contributed by atoms with Crippen molar-refractivity contribution >= 4 is 11.7 Å². The van der Waals surface area contributed by atoms with Gasteiger partial charge in [0.25, 0.3) is 0 Å². The number of rotatable bonds is 7. The molecule has 1 aliphatic heterocycles. The molecule has 0 saturated carbocycles. The molecule has 1 saturated heterocycles. The Balaban J connectivity index is 1.37. The Labute approximate surface area is 142 Å². The molecule has 0 radical (unpaired) electrons. The van der Waals surface area contributed by atoms with Crippen LogP contribution in [0.5, 0.6) is 0 Å². The first kappa shape index (κ1) is 16.5. The monoisotopic (exact) mass is 327 g/mol. The summed E-state index contributed by atoms with van der Waals surface area (Å²) in [5, 5.41) is 7.23. The van der Waals surface area contributed by atoms with Crippen LogP contribution in [0.4, 0.5) is 5.82 Å². The number of nitrogens with one attached hydrogen (secondary N) is 1. The summed E-state index contributed by atoms with van der Waals surface area (Å²) in [5.41, 5.74) is 0. The van der Waals surface area contributed by atoms with Gasteiger partial charge < -0.3 is 10.2 Å². The van der Waals surface area contributed by atoms with Crippen molar-refractivity contribution in [3.05, 3.63) is 42.9 Å². The quantitative estimate of drug-likeness (QED) is 0.846. The first-order valence-electron chi connectivity index (χ1n) is 8.71. The number of aromatic nitrogens is 3. The summed E-state index contributed by atoms with van der Waals surface area (Å²) in [7, 11) is 0. The van der Waals surface area contributed by atoms with Crippen LogP contribution >= 0.6 is 0 Å². The van der Waals surface area contributed by atoms with Gasteiger partial charge in [-0.2, -0.15) is 5.10 Å². The number of pyridine rings is 1. The van der Waals surface area contributed by atoms with Crippen molar-refractivity contribution < 1.29 is 4.79 Å². The average molecular weight is 327 g/mol. The average Bonchev–Trinajstić information content (AvgIpc) is 3.14. The maximum absolute atomic E-state index is 12.0. The number of amides is 1. The lowest BCUT2D eigenvalue weighted by molar-refractivity contribution is -0.121. The van der Waals surface area contributed by atoms with Crippen molar-refractivity contribution in [1.82, 2.24) is 20.1 Å². The van der Waals surface area contributed by atoms with E-state index in [1.54, 1.807) is 6.20 Å². The number of hydrogen-bond acceptors (Lipinski definition) is 4. The molecule has 1 aliphatic rings. The van der Waals surface area contributed by atoms with Gasteiger partial charge in [0, 0.05) is 51.2 Å². The highest BCUT2D eigenvalue weighted by molar-refractivity contribution is 5.75. The zero-order chi connectivity index (χ0) is 16.6. The molecule has 6 heteroatoms. The van der Waals surface area contributed by atoms with Crippen molar-refractivity contribution in [1.29, 1.82) is 0 Å². The van der Waals surface area contributed by atoms with Gasteiger partial charge in [-0.3, -0.25) is 9.48 Å². The molecular weight excluding hydrogens is 302 g/mol. The summed E-state index contributed by atoms with van der Waals surface area (Å²) >= 11 is 0. The topological polar surface area (TPSA) is 63.1 Å². The van der Waals surface area contributed by atoms with E-state index in [0.717, 1.165) is 51.3 Å². The van der Waals surface area contributed by atoms with Crippen LogP contribution in [0.2, 0.25) is 0 Å². The minimum Gasteiger partial charge on any atom is -0.356 e. The molecule has 1 fully saturated rings. The van der Waals surface area contributed by atoms with Crippen molar-refractivity contribution in [2.75, 3.05) is 24.5 Å². The third-order valence-electron chi connectivity index (χ3n) is 4.43. The number of piperidine rings is 1. The fourth-order valence-corrected chi connectivity index (χ4v) is 3.16. The maximum Gasteiger partial charge on any atom is 0.220 e. The van der Waals surface area contributed by atoms with Crippen molar-refractivity contribution in [3.63, 3.8) is 0 Å². The van der Waals surface area contributed by atoms with Crippen LogP contribution in [0, 0.1) is 5.92 Å². The van der Waals surface area contributed by atoms with Crippen molar-refractivity contribution in [2.24, 2.45) is 5.92 Å². The lowest BCUT2D eigenvalue weighted by Crippen LogP contribution is -2.41. The number of nitrogens with zero attached hydrogens (tertiary/aromatic N) is 4. The van der Waals surface area contributed by atoms with E-state index in [2.05, 4.69) is 26.4 Å². The van der Waals surface area contributed by atoms with E-state index in [9.17, 15) is 4.79 Å². The lowest BCUT2D eigenvalue weighted by Gasteiger charge is -2.33. The third-order valence-corrected chi connectivity index (χ3v) is 4.43. The molecule has 128 valence electrons. The van der Waals surface area contributed by atoms with Gasteiger partial charge in [0.15, 0.2) is 0 Å². The van der Waals surface area contributed by atoms with Crippen LogP contribution in [0.15, 0.2) is 42.9 Å². The SMILES string of the molecule is O=C(CCCn1cccn1)NC[C@@H]1CCCN(c2ccccn2)C1. The molecule has 24 heavy (non-hydrogen) atoms. The standard InChI is InChI=1S/C18H25N5O/c24-18(8-4-12-23-13-5-10-21-23)20-14-16-6-3-11-22(15-16)17-7-1-2-9-19-17/h1-2,5,7,9-10,13,16H,3-4,6,8,11-12,14-15H2,(H,20,24)/t16-/m0/s1. The summed E-state index contributed by atoms with van der Waals surface area (Å²) in [4.78, 5) is 18.7. The second-order valence-corrected chi connectivity index (χ2v) is 6.32. The zero-order valence-corrected chi connectivity index (χ0v) is 14.0. The molecule has 0 aliphatic carbocycles. The minimum atomic E-state index is 0.136. The fraction of sp³-hybridized carbons (Fsp3) is 0.500. The Morgan fingerprint density at radius 2 is 2.25 bits per heavy atom. The molecule has 1 amide bonds. The summed E-state index contributed by atoms with van der Waals surface area (Å²) in [6.07, 6.45) is 9.20. The highest BCUT2D eigenvalue weighted by atomic mass is 16.1. The normalized spacial score (nSPS) is 17.7. The fourth-order valence-electron chi connectivity index (χ4n) is 3.16. The lowest BCUT2D eigenvalue weighted by atomic mass is 9.98. The first-order valence-corrected chi connectivity index (χ1v) is 8.71. The Morgan fingerprint density at radius 3 is 3.04 bits per heavy atom. The van der Waals surface area contributed by atoms with Crippen molar-refractivity contribution in [3.8, 4) is 0 Å². The van der Waals surface area contributed by atoms with Gasteiger partial charge in [-0.05, 0) is 43.4 Å². The van der Waals surface area contributed by atoms with E-state index in [1.807, 2.05) is 35.3 Å². The molecule has 3 heterocycles. The highest BCUT2D eigenvalue weighted by Crippen LogP contribution is 2.20. The van der Waals surface area contributed by atoms with Gasteiger partial charge in [0.2, 0.25) is 5.91 Å². The number of carbonyl (C=O) groups excluding carboxylic acids is 1. The predicted molar refractivity (Wildman–Crippen MR) is 93.6 cm³/mol. The van der Waals surface area contributed by atoms with Gasteiger partial charge in [-0.1, -0.05) is 6.07 Å². The third kappa shape index (κ3) is 4.81. The van der Waals surface area contributed by atoms with Gasteiger partial charge in [-0.25, -0.2) is 4.98 Å². The predicted octanol–water partition coefficient (Wildman–Crippen LogP) is 2.09. The van der Waals surface area contributed by atoms with Crippen LogP contribution in [-0.4, -0.2) is 40.3 Å². The van der Waals surface area contributed by atoms with E-state index in [1.165, 1.54) is 0 Å². The van der Waals surface area contributed by atoms with Crippen LogP contribution in [0.1, 0.15) is 25.7 Å². The zero-order valence-electron chi connectivity index (χ0n) is 14.0. The Bertz CT molecular complexity index is 614. The van der Waals surface area contributed by atoms with Crippen LogP contribution in [0.3, 0.4) is 0 Å². The molecule has 1 N–H and O–H groups in total. The van der Waals surface area contributed by atoms with E-state index < -0.39 is 0 Å². The highest BCUT2D eigenvalue weighted by Gasteiger charge is 2.21. The van der Waals surface area contributed by atoms with Gasteiger partial charge in [0.05, 0.1) is 0 Å². The van der Waals surface area contributed by atoms with E-state index in [-0.39, 0.29) is 5.91 Å². The number of aryl methyl sites for hydroxylation is 1. The van der Waals surface area contributed by atoms with Gasteiger partial charge in [0.1, 0.15) is 5.82 Å². The minimum absolute atomic E-state index is 0.136. The second kappa shape index (κ2) is 8.47. The number of anilines is 1. The maximum atomic E-state index is 12.0. The van der Waals surface area contributed by atoms with Crippen LogP contribution < -0.4 is 10.2 Å². The number of carbonyl (C=O) groups is 1. The second-order valence-electron chi connectivity index (χ2n) is 6.32. The van der Waals surface area contributed by atoms with Crippen LogP contribution in [0.25, 0.3) is 0 Å². The molecule has 6 nitrogen and oxygen atoms in total. The summed E-state index contributed by atoms with van der Waals surface area (Å²) in [6, 6.07) is 7.91. The molecule has 1 atom stereocenters. The summed E-state index contributed by atoms with van der Waals surface area (Å²) in [6.45, 7) is 3.55. The molecule has 0 spiro atoms. The Morgan fingerprint density at radius 1 is 1.29 bits per heavy atom. The summed E-state index contributed by atoms with van der Waals surface area (Å²) in [5.74, 6) is 1.67. The molecular formula is C18H25N5O. The smallest absolute Gasteiger partial charge is 0.220 e. The molecule has 2 aromatic rings. The molecule has 0 aromatic carbocycles. The van der Waals surface area contributed by atoms with Gasteiger partial charge >= 0.3 is 0 Å². The molecule has 2 aromatic heterocycles. The van der Waals surface area contributed by atoms with E-state index >= 15 is 0 Å². The molecule has 0 bridgehead atoms. The van der Waals surface area contributed by atoms with E-state index in [0.29, 0.717) is 12.3 Å². The number of hydrogen-bond donors (Lipinski definition) is 1. The molecule has 3 rings (SSSR count). The first-order chi connectivity index (χ1) is 11.8.